The van der Waals surface area contributed by atoms with Crippen LogP contribution >= 0.6 is 0 Å². The lowest BCUT2D eigenvalue weighted by atomic mass is 10.0. The van der Waals surface area contributed by atoms with E-state index in [1.54, 1.807) is 6.08 Å². The molecule has 0 unspecified atom stereocenters. The highest BCUT2D eigenvalue weighted by atomic mass is 16.1. The third-order valence-electron chi connectivity index (χ3n) is 4.10. The lowest BCUT2D eigenvalue weighted by Crippen LogP contribution is -1.84. The molecule has 0 aromatic heterocycles. The van der Waals surface area contributed by atoms with Gasteiger partial charge in [-0.2, -0.15) is 5.11 Å². The minimum atomic E-state index is -0.195. The molecule has 120 valence electrons. The van der Waals surface area contributed by atoms with Crippen molar-refractivity contribution in [3.63, 3.8) is 0 Å². The number of carbonyl (C=O) groups excluding carboxylic acids is 1. The maximum Gasteiger partial charge on any atom is 0.290 e. The monoisotopic (exact) mass is 292 g/mol. The number of azo groups is 1. The van der Waals surface area contributed by atoms with Gasteiger partial charge >= 0.3 is 0 Å². The van der Waals surface area contributed by atoms with E-state index in [2.05, 4.69) is 17.2 Å². The van der Waals surface area contributed by atoms with E-state index in [0.717, 1.165) is 18.5 Å². The van der Waals surface area contributed by atoms with Crippen molar-refractivity contribution < 1.29 is 4.79 Å². The average molecular weight is 292 g/mol. The third-order valence-corrected chi connectivity index (χ3v) is 4.10. The van der Waals surface area contributed by atoms with Gasteiger partial charge in [0.05, 0.1) is 5.70 Å². The molecule has 3 heteroatoms. The second-order valence-electron chi connectivity index (χ2n) is 6.17. The van der Waals surface area contributed by atoms with Gasteiger partial charge in [-0.15, -0.1) is 5.11 Å². The highest BCUT2D eigenvalue weighted by molar-refractivity contribution is 5.90. The van der Waals surface area contributed by atoms with E-state index >= 15 is 0 Å². The van der Waals surface area contributed by atoms with Crippen LogP contribution in [-0.4, -0.2) is 5.91 Å². The standard InChI is InChI=1S/C18H32N2O/c1-2-3-4-5-6-7-8-9-10-11-12-13-14-15-17-16-18(21)20-19-17/h16H,2-15H2,1H3. The van der Waals surface area contributed by atoms with Crippen molar-refractivity contribution in [2.24, 2.45) is 10.2 Å². The van der Waals surface area contributed by atoms with Gasteiger partial charge in [0.2, 0.25) is 0 Å². The Labute approximate surface area is 130 Å². The number of rotatable bonds is 14. The Morgan fingerprint density at radius 1 is 0.714 bits per heavy atom. The molecular weight excluding hydrogens is 260 g/mol. The number of hydrogen-bond acceptors (Lipinski definition) is 2. The summed E-state index contributed by atoms with van der Waals surface area (Å²) in [4.78, 5) is 10.9. The van der Waals surface area contributed by atoms with Crippen molar-refractivity contribution in [2.75, 3.05) is 0 Å². The number of nitrogens with zero attached hydrogens (tertiary/aromatic N) is 2. The Kier molecular flexibility index (Phi) is 10.9. The molecule has 1 heterocycles. The molecule has 0 N–H and O–H groups in total. The average Bonchev–Trinajstić information content (AvgIpc) is 2.89. The maximum absolute atomic E-state index is 10.9. The Balaban J connectivity index is 1.74. The van der Waals surface area contributed by atoms with E-state index in [0.29, 0.717) is 0 Å². The number of carbonyl (C=O) groups is 1. The van der Waals surface area contributed by atoms with Gasteiger partial charge in [-0.1, -0.05) is 84.0 Å². The molecule has 0 saturated carbocycles. The zero-order chi connectivity index (χ0) is 15.2. The Bertz CT molecular complexity index is 334. The van der Waals surface area contributed by atoms with Crippen molar-refractivity contribution >= 4 is 5.91 Å². The van der Waals surface area contributed by atoms with Crippen LogP contribution in [0.25, 0.3) is 0 Å². The third kappa shape index (κ3) is 10.4. The number of allylic oxidation sites excluding steroid dienone is 1. The fourth-order valence-electron chi connectivity index (χ4n) is 2.76. The molecule has 21 heavy (non-hydrogen) atoms. The molecule has 0 bridgehead atoms. The van der Waals surface area contributed by atoms with Gasteiger partial charge in [-0.05, 0) is 12.8 Å². The second kappa shape index (κ2) is 12.7. The van der Waals surface area contributed by atoms with E-state index in [-0.39, 0.29) is 5.91 Å². The van der Waals surface area contributed by atoms with Crippen LogP contribution in [0, 0.1) is 0 Å². The minimum Gasteiger partial charge on any atom is -0.266 e. The SMILES string of the molecule is CCCCCCCCCCCCCCCC1=CC(=O)N=N1. The summed E-state index contributed by atoms with van der Waals surface area (Å²) in [6.07, 6.45) is 20.2. The van der Waals surface area contributed by atoms with Crippen LogP contribution < -0.4 is 0 Å². The molecule has 1 aliphatic rings. The first-order valence-electron chi connectivity index (χ1n) is 8.99. The summed E-state index contributed by atoms with van der Waals surface area (Å²) in [5.41, 5.74) is 0.864. The molecule has 0 fully saturated rings. The highest BCUT2D eigenvalue weighted by Gasteiger charge is 2.06. The summed E-state index contributed by atoms with van der Waals surface area (Å²) in [5, 5.41) is 7.34. The Morgan fingerprint density at radius 2 is 1.19 bits per heavy atom. The van der Waals surface area contributed by atoms with Crippen LogP contribution in [0.5, 0.6) is 0 Å². The molecule has 1 amide bonds. The van der Waals surface area contributed by atoms with Gasteiger partial charge < -0.3 is 0 Å². The van der Waals surface area contributed by atoms with Gasteiger partial charge in [0.25, 0.3) is 5.91 Å². The molecule has 0 atom stereocenters. The highest BCUT2D eigenvalue weighted by Crippen LogP contribution is 2.17. The lowest BCUT2D eigenvalue weighted by molar-refractivity contribution is -0.113. The largest absolute Gasteiger partial charge is 0.290 e. The molecule has 1 aliphatic heterocycles. The fraction of sp³-hybridized carbons (Fsp3) is 0.833. The topological polar surface area (TPSA) is 41.8 Å². The number of amides is 1. The molecule has 0 aromatic rings. The van der Waals surface area contributed by atoms with Crippen LogP contribution in [0.1, 0.15) is 96.8 Å². The lowest BCUT2D eigenvalue weighted by Gasteiger charge is -2.02. The molecule has 1 rings (SSSR count). The maximum atomic E-state index is 10.9. The molecular formula is C18H32N2O. The predicted octanol–water partition coefficient (Wildman–Crippen LogP) is 6.34. The first-order chi connectivity index (χ1) is 10.3. The summed E-state index contributed by atoms with van der Waals surface area (Å²) in [6, 6.07) is 0. The molecule has 0 radical (unpaired) electrons. The summed E-state index contributed by atoms with van der Waals surface area (Å²) in [6.45, 7) is 2.27. The molecule has 0 spiro atoms. The van der Waals surface area contributed by atoms with E-state index in [1.807, 2.05) is 0 Å². The minimum absolute atomic E-state index is 0.195. The Morgan fingerprint density at radius 3 is 1.62 bits per heavy atom. The summed E-state index contributed by atoms with van der Waals surface area (Å²) >= 11 is 0. The first-order valence-corrected chi connectivity index (χ1v) is 8.99. The van der Waals surface area contributed by atoms with Crippen LogP contribution in [0.2, 0.25) is 0 Å². The quantitative estimate of drug-likeness (QED) is 0.344. The van der Waals surface area contributed by atoms with Crippen molar-refractivity contribution in [1.82, 2.24) is 0 Å². The van der Waals surface area contributed by atoms with Crippen molar-refractivity contribution in [1.29, 1.82) is 0 Å². The van der Waals surface area contributed by atoms with Gasteiger partial charge in [0.15, 0.2) is 0 Å². The van der Waals surface area contributed by atoms with Gasteiger partial charge in [-0.25, -0.2) is 0 Å². The van der Waals surface area contributed by atoms with Crippen molar-refractivity contribution in [2.45, 2.75) is 96.8 Å². The zero-order valence-corrected chi connectivity index (χ0v) is 13.8. The number of unbranched alkanes of at least 4 members (excludes halogenated alkanes) is 12. The van der Waals surface area contributed by atoms with Crippen LogP contribution in [0.4, 0.5) is 0 Å². The van der Waals surface area contributed by atoms with Crippen molar-refractivity contribution in [3.8, 4) is 0 Å². The molecule has 0 aromatic carbocycles. The van der Waals surface area contributed by atoms with Gasteiger partial charge in [0.1, 0.15) is 0 Å². The van der Waals surface area contributed by atoms with Crippen LogP contribution in [-0.2, 0) is 4.79 Å². The first kappa shape index (κ1) is 18.1. The predicted molar refractivity (Wildman–Crippen MR) is 88.3 cm³/mol. The van der Waals surface area contributed by atoms with E-state index < -0.39 is 0 Å². The van der Waals surface area contributed by atoms with E-state index in [1.165, 1.54) is 77.0 Å². The van der Waals surface area contributed by atoms with E-state index in [4.69, 9.17) is 0 Å². The normalized spacial score (nSPS) is 14.0. The molecule has 3 nitrogen and oxygen atoms in total. The fourth-order valence-corrected chi connectivity index (χ4v) is 2.76. The van der Waals surface area contributed by atoms with Crippen LogP contribution in [0.3, 0.4) is 0 Å². The number of hydrogen-bond donors (Lipinski definition) is 0. The van der Waals surface area contributed by atoms with E-state index in [9.17, 15) is 4.79 Å². The summed E-state index contributed by atoms with van der Waals surface area (Å²) < 4.78 is 0. The summed E-state index contributed by atoms with van der Waals surface area (Å²) in [5.74, 6) is -0.195. The van der Waals surface area contributed by atoms with Gasteiger partial charge in [0, 0.05) is 6.08 Å². The van der Waals surface area contributed by atoms with Gasteiger partial charge in [-0.3, -0.25) is 4.79 Å². The van der Waals surface area contributed by atoms with Crippen LogP contribution in [0.15, 0.2) is 22.0 Å². The Hall–Kier alpha value is -0.990. The molecule has 0 saturated heterocycles. The molecule has 0 aliphatic carbocycles. The van der Waals surface area contributed by atoms with Crippen molar-refractivity contribution in [3.05, 3.63) is 11.8 Å². The zero-order valence-electron chi connectivity index (χ0n) is 13.8. The summed E-state index contributed by atoms with van der Waals surface area (Å²) in [7, 11) is 0. The smallest absolute Gasteiger partial charge is 0.266 e. The second-order valence-corrected chi connectivity index (χ2v) is 6.17.